The Morgan fingerprint density at radius 1 is 1.67 bits per heavy atom. The van der Waals surface area contributed by atoms with Crippen LogP contribution in [0.25, 0.3) is 0 Å². The van der Waals surface area contributed by atoms with Crippen molar-refractivity contribution in [2.24, 2.45) is 5.92 Å². The van der Waals surface area contributed by atoms with E-state index < -0.39 is 11.9 Å². The first kappa shape index (κ1) is 13.1. The van der Waals surface area contributed by atoms with Gasteiger partial charge >= 0.3 is 5.97 Å². The lowest BCUT2D eigenvalue weighted by Crippen LogP contribution is -2.30. The van der Waals surface area contributed by atoms with Crippen LogP contribution in [0, 0.1) is 5.92 Å². The summed E-state index contributed by atoms with van der Waals surface area (Å²) in [4.78, 5) is 25.8. The van der Waals surface area contributed by atoms with E-state index in [0.29, 0.717) is 6.54 Å². The van der Waals surface area contributed by atoms with Crippen LogP contribution in [0.2, 0.25) is 0 Å². The van der Waals surface area contributed by atoms with Crippen molar-refractivity contribution in [3.63, 3.8) is 0 Å². The van der Waals surface area contributed by atoms with E-state index in [1.807, 2.05) is 17.5 Å². The minimum Gasteiger partial charge on any atom is -0.481 e. The quantitative estimate of drug-likeness (QED) is 0.891. The molecule has 4 nitrogen and oxygen atoms in total. The number of hydrogen-bond acceptors (Lipinski definition) is 3. The van der Waals surface area contributed by atoms with Gasteiger partial charge in [-0.05, 0) is 17.9 Å². The Labute approximate surface area is 110 Å². The molecule has 0 spiro atoms. The number of carbonyl (C=O) groups excluding carboxylic acids is 1. The molecule has 1 aromatic heterocycles. The molecule has 2 unspecified atom stereocenters. The highest BCUT2D eigenvalue weighted by molar-refractivity contribution is 7.10. The standard InChI is InChI=1S/C13H17NO3S/c1-2-4-10(11-5-3-6-18-11)14-8-9(13(16)17)7-12(14)15/h3,5-6,9-10H,2,4,7-8H2,1H3,(H,16,17). The van der Waals surface area contributed by atoms with Gasteiger partial charge in [0, 0.05) is 17.8 Å². The van der Waals surface area contributed by atoms with E-state index in [1.54, 1.807) is 16.2 Å². The van der Waals surface area contributed by atoms with E-state index in [9.17, 15) is 9.59 Å². The van der Waals surface area contributed by atoms with Gasteiger partial charge in [0.15, 0.2) is 0 Å². The van der Waals surface area contributed by atoms with Crippen molar-refractivity contribution in [3.8, 4) is 0 Å². The number of carboxylic acid groups (broad SMARTS) is 1. The Morgan fingerprint density at radius 3 is 2.94 bits per heavy atom. The lowest BCUT2D eigenvalue weighted by Gasteiger charge is -2.27. The van der Waals surface area contributed by atoms with E-state index >= 15 is 0 Å². The lowest BCUT2D eigenvalue weighted by atomic mass is 10.1. The van der Waals surface area contributed by atoms with Gasteiger partial charge in [-0.2, -0.15) is 0 Å². The zero-order valence-corrected chi connectivity index (χ0v) is 11.2. The Morgan fingerprint density at radius 2 is 2.44 bits per heavy atom. The molecule has 1 aliphatic heterocycles. The highest BCUT2D eigenvalue weighted by Gasteiger charge is 2.38. The summed E-state index contributed by atoms with van der Waals surface area (Å²) in [5.74, 6) is -1.45. The maximum absolute atomic E-state index is 12.0. The van der Waals surface area contributed by atoms with Gasteiger partial charge in [0.05, 0.1) is 12.0 Å². The lowest BCUT2D eigenvalue weighted by molar-refractivity contribution is -0.141. The zero-order valence-electron chi connectivity index (χ0n) is 10.3. The monoisotopic (exact) mass is 267 g/mol. The van der Waals surface area contributed by atoms with Crippen LogP contribution in [0.15, 0.2) is 17.5 Å². The van der Waals surface area contributed by atoms with Crippen LogP contribution >= 0.6 is 11.3 Å². The van der Waals surface area contributed by atoms with E-state index in [0.717, 1.165) is 17.7 Å². The third kappa shape index (κ3) is 2.56. The molecular weight excluding hydrogens is 250 g/mol. The molecular formula is C13H17NO3S. The van der Waals surface area contributed by atoms with Crippen molar-refractivity contribution in [2.75, 3.05) is 6.54 Å². The Kier molecular flexibility index (Phi) is 4.01. The number of thiophene rings is 1. The molecule has 1 aliphatic rings. The average molecular weight is 267 g/mol. The van der Waals surface area contributed by atoms with Crippen molar-refractivity contribution in [3.05, 3.63) is 22.4 Å². The van der Waals surface area contributed by atoms with Crippen molar-refractivity contribution in [1.29, 1.82) is 0 Å². The normalized spacial score (nSPS) is 21.3. The molecule has 98 valence electrons. The third-order valence-electron chi connectivity index (χ3n) is 3.32. The maximum Gasteiger partial charge on any atom is 0.308 e. The van der Waals surface area contributed by atoms with E-state index in [1.165, 1.54) is 0 Å². The first-order chi connectivity index (χ1) is 8.63. The zero-order chi connectivity index (χ0) is 13.1. The largest absolute Gasteiger partial charge is 0.481 e. The Balaban J connectivity index is 2.17. The van der Waals surface area contributed by atoms with Crippen LogP contribution in [0.5, 0.6) is 0 Å². The molecule has 0 aliphatic carbocycles. The number of rotatable bonds is 5. The smallest absolute Gasteiger partial charge is 0.308 e. The molecule has 0 saturated carbocycles. The van der Waals surface area contributed by atoms with Gasteiger partial charge in [0.2, 0.25) is 5.91 Å². The summed E-state index contributed by atoms with van der Waals surface area (Å²) in [6.45, 7) is 2.42. The van der Waals surface area contributed by atoms with Crippen LogP contribution in [0.4, 0.5) is 0 Å². The minimum atomic E-state index is -0.868. The molecule has 2 heterocycles. The summed E-state index contributed by atoms with van der Waals surface area (Å²) in [5.41, 5.74) is 0. The molecule has 2 atom stereocenters. The first-order valence-corrected chi connectivity index (χ1v) is 7.07. The third-order valence-corrected chi connectivity index (χ3v) is 4.29. The number of nitrogens with zero attached hydrogens (tertiary/aromatic N) is 1. The number of carbonyl (C=O) groups is 2. The summed E-state index contributed by atoms with van der Waals surface area (Å²) in [7, 11) is 0. The SMILES string of the molecule is CCCC(c1cccs1)N1CC(C(=O)O)CC1=O. The predicted octanol–water partition coefficient (Wildman–Crippen LogP) is 2.52. The van der Waals surface area contributed by atoms with E-state index in [2.05, 4.69) is 6.92 Å². The number of amides is 1. The Bertz CT molecular complexity index is 429. The number of hydrogen-bond donors (Lipinski definition) is 1. The molecule has 1 fully saturated rings. The van der Waals surface area contributed by atoms with Crippen molar-refractivity contribution >= 4 is 23.2 Å². The van der Waals surface area contributed by atoms with Crippen molar-refractivity contribution < 1.29 is 14.7 Å². The van der Waals surface area contributed by atoms with Gasteiger partial charge in [-0.25, -0.2) is 0 Å². The molecule has 1 N–H and O–H groups in total. The summed E-state index contributed by atoms with van der Waals surface area (Å²) < 4.78 is 0. The topological polar surface area (TPSA) is 57.6 Å². The molecule has 2 rings (SSSR count). The summed E-state index contributed by atoms with van der Waals surface area (Å²) >= 11 is 1.63. The fourth-order valence-electron chi connectivity index (χ4n) is 2.40. The molecule has 1 aromatic rings. The van der Waals surface area contributed by atoms with E-state index in [-0.39, 0.29) is 18.4 Å². The summed E-state index contributed by atoms with van der Waals surface area (Å²) in [5, 5.41) is 11.0. The first-order valence-electron chi connectivity index (χ1n) is 6.19. The van der Waals surface area contributed by atoms with Crippen LogP contribution in [-0.2, 0) is 9.59 Å². The minimum absolute atomic E-state index is 0.0331. The van der Waals surface area contributed by atoms with Crippen LogP contribution in [0.1, 0.15) is 37.1 Å². The second-order valence-electron chi connectivity index (χ2n) is 4.61. The van der Waals surface area contributed by atoms with Crippen LogP contribution in [0.3, 0.4) is 0 Å². The fraction of sp³-hybridized carbons (Fsp3) is 0.538. The summed E-state index contributed by atoms with van der Waals surface area (Å²) in [6, 6.07) is 4.04. The second-order valence-corrected chi connectivity index (χ2v) is 5.58. The van der Waals surface area contributed by atoms with Crippen molar-refractivity contribution in [2.45, 2.75) is 32.2 Å². The molecule has 1 amide bonds. The van der Waals surface area contributed by atoms with Gasteiger partial charge in [0.1, 0.15) is 0 Å². The molecule has 5 heteroatoms. The number of aliphatic carboxylic acids is 1. The van der Waals surface area contributed by atoms with Gasteiger partial charge in [-0.1, -0.05) is 19.4 Å². The molecule has 0 radical (unpaired) electrons. The van der Waals surface area contributed by atoms with Gasteiger partial charge < -0.3 is 10.0 Å². The van der Waals surface area contributed by atoms with Gasteiger partial charge in [0.25, 0.3) is 0 Å². The maximum atomic E-state index is 12.0. The molecule has 0 bridgehead atoms. The number of carboxylic acids is 1. The highest BCUT2D eigenvalue weighted by Crippen LogP contribution is 2.34. The molecule has 18 heavy (non-hydrogen) atoms. The van der Waals surface area contributed by atoms with Crippen LogP contribution in [-0.4, -0.2) is 28.4 Å². The molecule has 1 saturated heterocycles. The Hall–Kier alpha value is -1.36. The van der Waals surface area contributed by atoms with Crippen molar-refractivity contribution in [1.82, 2.24) is 4.90 Å². The predicted molar refractivity (Wildman–Crippen MR) is 69.4 cm³/mol. The van der Waals surface area contributed by atoms with Crippen LogP contribution < -0.4 is 0 Å². The van der Waals surface area contributed by atoms with Gasteiger partial charge in [-0.3, -0.25) is 9.59 Å². The fourth-order valence-corrected chi connectivity index (χ4v) is 3.28. The van der Waals surface area contributed by atoms with E-state index in [4.69, 9.17) is 5.11 Å². The van der Waals surface area contributed by atoms with Gasteiger partial charge in [-0.15, -0.1) is 11.3 Å². The molecule has 0 aromatic carbocycles. The average Bonchev–Trinajstić information content (AvgIpc) is 2.95. The number of likely N-dealkylation sites (tertiary alicyclic amines) is 1. The summed E-state index contributed by atoms with van der Waals surface area (Å²) in [6.07, 6.45) is 2.00. The second kappa shape index (κ2) is 5.52. The highest BCUT2D eigenvalue weighted by atomic mass is 32.1.